The van der Waals surface area contributed by atoms with E-state index in [4.69, 9.17) is 0 Å². The highest BCUT2D eigenvalue weighted by molar-refractivity contribution is 5.76. The second-order valence-electron chi connectivity index (χ2n) is 6.64. The third kappa shape index (κ3) is 6.11. The summed E-state index contributed by atoms with van der Waals surface area (Å²) in [5.74, 6) is 1.61. The molecule has 0 aliphatic carbocycles. The summed E-state index contributed by atoms with van der Waals surface area (Å²) in [7, 11) is 1.84. The Labute approximate surface area is 144 Å². The maximum absolute atomic E-state index is 12.2. The molecule has 0 fully saturated rings. The molecule has 0 radical (unpaired) electrons. The predicted octanol–water partition coefficient (Wildman–Crippen LogP) is 3.31. The Morgan fingerprint density at radius 3 is 2.29 bits per heavy atom. The second-order valence-corrected chi connectivity index (χ2v) is 6.64. The number of nitrogens with zero attached hydrogens (tertiary/aromatic N) is 3. The van der Waals surface area contributed by atoms with Crippen molar-refractivity contribution in [3.8, 4) is 0 Å². The van der Waals surface area contributed by atoms with E-state index < -0.39 is 0 Å². The molecule has 1 amide bonds. The van der Waals surface area contributed by atoms with Crippen molar-refractivity contribution in [1.29, 1.82) is 0 Å². The molecule has 0 unspecified atom stereocenters. The van der Waals surface area contributed by atoms with Gasteiger partial charge in [0.15, 0.2) is 0 Å². The van der Waals surface area contributed by atoms with E-state index in [0.29, 0.717) is 25.3 Å². The lowest BCUT2D eigenvalue weighted by molar-refractivity contribution is -0.129. The summed E-state index contributed by atoms with van der Waals surface area (Å²) in [6, 6.07) is 10.4. The van der Waals surface area contributed by atoms with Gasteiger partial charge < -0.3 is 4.90 Å². The molecule has 128 valence electrons. The Balaban J connectivity index is 1.75. The third-order valence-electron chi connectivity index (χ3n) is 4.01. The van der Waals surface area contributed by atoms with Gasteiger partial charge in [0.1, 0.15) is 5.82 Å². The van der Waals surface area contributed by atoms with Gasteiger partial charge >= 0.3 is 0 Å². The first-order valence-corrected chi connectivity index (χ1v) is 8.62. The maximum Gasteiger partial charge on any atom is 0.222 e. The molecule has 0 spiro atoms. The van der Waals surface area contributed by atoms with Crippen LogP contribution < -0.4 is 0 Å². The summed E-state index contributed by atoms with van der Waals surface area (Å²) < 4.78 is 0. The Bertz CT molecular complexity index is 623. The van der Waals surface area contributed by atoms with Gasteiger partial charge in [0.2, 0.25) is 5.91 Å². The first-order chi connectivity index (χ1) is 11.5. The molecule has 1 aromatic heterocycles. The second kappa shape index (κ2) is 9.16. The zero-order chi connectivity index (χ0) is 17.4. The van der Waals surface area contributed by atoms with E-state index >= 15 is 0 Å². The van der Waals surface area contributed by atoms with Crippen LogP contribution in [0.2, 0.25) is 0 Å². The van der Waals surface area contributed by atoms with Gasteiger partial charge in [0.25, 0.3) is 0 Å². The van der Waals surface area contributed by atoms with Crippen LogP contribution in [-0.4, -0.2) is 34.4 Å². The number of hydrogen-bond acceptors (Lipinski definition) is 3. The minimum absolute atomic E-state index is 0.164. The number of carbonyl (C=O) groups excluding carboxylic acids is 1. The van der Waals surface area contributed by atoms with Crippen LogP contribution in [0.15, 0.2) is 42.7 Å². The van der Waals surface area contributed by atoms with Crippen molar-refractivity contribution in [1.82, 2.24) is 14.9 Å². The molecule has 4 heteroatoms. The van der Waals surface area contributed by atoms with E-state index in [1.807, 2.05) is 7.05 Å². The molecule has 1 heterocycles. The molecule has 0 aliphatic heterocycles. The van der Waals surface area contributed by atoms with Crippen molar-refractivity contribution in [3.05, 3.63) is 59.7 Å². The number of carbonyl (C=O) groups is 1. The number of aromatic nitrogens is 2. The van der Waals surface area contributed by atoms with Crippen LogP contribution in [0, 0.1) is 5.92 Å². The van der Waals surface area contributed by atoms with Crippen molar-refractivity contribution in [2.24, 2.45) is 5.92 Å². The van der Waals surface area contributed by atoms with Crippen LogP contribution in [0.1, 0.15) is 37.2 Å². The molecular formula is C20H27N3O. The summed E-state index contributed by atoms with van der Waals surface area (Å²) in [6.07, 6.45) is 6.57. The van der Waals surface area contributed by atoms with E-state index in [0.717, 1.165) is 18.7 Å². The largest absolute Gasteiger partial charge is 0.345 e. The fraction of sp³-hybridized carbons (Fsp3) is 0.450. The van der Waals surface area contributed by atoms with Crippen LogP contribution in [0.3, 0.4) is 0 Å². The predicted molar refractivity (Wildman–Crippen MR) is 96.7 cm³/mol. The lowest BCUT2D eigenvalue weighted by Crippen LogP contribution is -2.29. The number of likely N-dealkylation sites (N-methyl/N-ethyl adjacent to an activating group) is 1. The summed E-state index contributed by atoms with van der Waals surface area (Å²) in [6.45, 7) is 5.10. The van der Waals surface area contributed by atoms with Crippen LogP contribution in [0.25, 0.3) is 0 Å². The highest BCUT2D eigenvalue weighted by Gasteiger charge is 2.09. The molecule has 2 rings (SSSR count). The van der Waals surface area contributed by atoms with Gasteiger partial charge in [-0.05, 0) is 36.0 Å². The summed E-state index contributed by atoms with van der Waals surface area (Å²) in [4.78, 5) is 22.4. The van der Waals surface area contributed by atoms with E-state index in [2.05, 4.69) is 48.1 Å². The average Bonchev–Trinajstić information content (AvgIpc) is 2.59. The molecular weight excluding hydrogens is 298 g/mol. The number of benzene rings is 1. The Hall–Kier alpha value is -2.23. The normalized spacial score (nSPS) is 10.8. The molecule has 0 N–H and O–H groups in total. The zero-order valence-corrected chi connectivity index (χ0v) is 14.9. The average molecular weight is 325 g/mol. The van der Waals surface area contributed by atoms with Gasteiger partial charge in [-0.25, -0.2) is 9.97 Å². The lowest BCUT2D eigenvalue weighted by Gasteiger charge is -2.16. The quantitative estimate of drug-likeness (QED) is 0.748. The van der Waals surface area contributed by atoms with Crippen LogP contribution in [0.4, 0.5) is 0 Å². The van der Waals surface area contributed by atoms with Gasteiger partial charge in [0, 0.05) is 38.8 Å². The first kappa shape index (κ1) is 18.1. The molecule has 4 nitrogen and oxygen atoms in total. The number of hydrogen-bond donors (Lipinski definition) is 0. The van der Waals surface area contributed by atoms with Crippen LogP contribution >= 0.6 is 0 Å². The van der Waals surface area contributed by atoms with Gasteiger partial charge in [-0.2, -0.15) is 0 Å². The van der Waals surface area contributed by atoms with E-state index in [1.165, 1.54) is 11.1 Å². The van der Waals surface area contributed by atoms with Gasteiger partial charge in [-0.3, -0.25) is 4.79 Å². The number of rotatable bonds is 8. The topological polar surface area (TPSA) is 46.1 Å². The van der Waals surface area contributed by atoms with Crippen molar-refractivity contribution in [2.75, 3.05) is 13.6 Å². The van der Waals surface area contributed by atoms with Crippen LogP contribution in [0.5, 0.6) is 0 Å². The lowest BCUT2D eigenvalue weighted by atomic mass is 10.0. The molecule has 0 saturated carbocycles. The maximum atomic E-state index is 12.2. The first-order valence-electron chi connectivity index (χ1n) is 8.62. The standard InChI is InChI=1S/C20H27N3O/c1-16(2)15-18-7-5-17(6-8-18)9-10-20(24)23(3)14-11-19-21-12-4-13-22-19/h4-8,12-13,16H,9-11,14-15H2,1-3H3. The molecule has 0 aliphatic rings. The molecule has 0 saturated heterocycles. The molecule has 2 aromatic rings. The van der Waals surface area contributed by atoms with E-state index in [9.17, 15) is 4.79 Å². The van der Waals surface area contributed by atoms with Gasteiger partial charge in [-0.1, -0.05) is 38.1 Å². The third-order valence-corrected chi connectivity index (χ3v) is 4.01. The fourth-order valence-electron chi connectivity index (χ4n) is 2.61. The van der Waals surface area contributed by atoms with Gasteiger partial charge in [-0.15, -0.1) is 0 Å². The van der Waals surface area contributed by atoms with Crippen molar-refractivity contribution >= 4 is 5.91 Å². The molecule has 0 bridgehead atoms. The Kier molecular flexibility index (Phi) is 6.91. The SMILES string of the molecule is CC(C)Cc1ccc(CCC(=O)N(C)CCc2ncccn2)cc1. The zero-order valence-electron chi connectivity index (χ0n) is 14.9. The minimum atomic E-state index is 0.164. The van der Waals surface area contributed by atoms with Crippen molar-refractivity contribution < 1.29 is 4.79 Å². The summed E-state index contributed by atoms with van der Waals surface area (Å²) in [5, 5.41) is 0. The number of amides is 1. The summed E-state index contributed by atoms with van der Waals surface area (Å²) >= 11 is 0. The number of aryl methyl sites for hydroxylation is 1. The monoisotopic (exact) mass is 325 g/mol. The Morgan fingerprint density at radius 1 is 1.04 bits per heavy atom. The Morgan fingerprint density at radius 2 is 1.67 bits per heavy atom. The molecule has 1 aromatic carbocycles. The van der Waals surface area contributed by atoms with Crippen LogP contribution in [-0.2, 0) is 24.1 Å². The highest BCUT2D eigenvalue weighted by atomic mass is 16.2. The highest BCUT2D eigenvalue weighted by Crippen LogP contribution is 2.11. The minimum Gasteiger partial charge on any atom is -0.345 e. The van der Waals surface area contributed by atoms with E-state index in [1.54, 1.807) is 23.4 Å². The summed E-state index contributed by atoms with van der Waals surface area (Å²) in [5.41, 5.74) is 2.58. The molecule has 24 heavy (non-hydrogen) atoms. The van der Waals surface area contributed by atoms with Crippen molar-refractivity contribution in [2.45, 2.75) is 39.5 Å². The van der Waals surface area contributed by atoms with E-state index in [-0.39, 0.29) is 5.91 Å². The van der Waals surface area contributed by atoms with Crippen molar-refractivity contribution in [3.63, 3.8) is 0 Å². The fourth-order valence-corrected chi connectivity index (χ4v) is 2.61. The smallest absolute Gasteiger partial charge is 0.222 e. The van der Waals surface area contributed by atoms with Gasteiger partial charge in [0.05, 0.1) is 0 Å². The molecule has 0 atom stereocenters.